The van der Waals surface area contributed by atoms with Crippen molar-refractivity contribution in [2.75, 3.05) is 7.11 Å². The Morgan fingerprint density at radius 1 is 1.26 bits per heavy atom. The molecule has 0 spiro atoms. The van der Waals surface area contributed by atoms with E-state index in [0.29, 0.717) is 10.6 Å². The lowest BCUT2D eigenvalue weighted by Crippen LogP contribution is -2.18. The summed E-state index contributed by atoms with van der Waals surface area (Å²) < 4.78 is 27.2. The number of sulfone groups is 1. The lowest BCUT2D eigenvalue weighted by atomic mass is 10.2. The van der Waals surface area contributed by atoms with Crippen LogP contribution in [0.15, 0.2) is 41.7 Å². The van der Waals surface area contributed by atoms with Crippen LogP contribution in [0.25, 0.3) is 0 Å². The predicted molar refractivity (Wildman–Crippen MR) is 70.7 cm³/mol. The molecule has 0 fully saturated rings. The van der Waals surface area contributed by atoms with Gasteiger partial charge < -0.3 is 4.74 Å². The van der Waals surface area contributed by atoms with Crippen LogP contribution >= 0.6 is 0 Å². The van der Waals surface area contributed by atoms with Crippen molar-refractivity contribution in [2.24, 2.45) is 0 Å². The molecule has 1 aliphatic heterocycles. The first-order valence-electron chi connectivity index (χ1n) is 5.65. The Bertz CT molecular complexity index is 670. The van der Waals surface area contributed by atoms with Gasteiger partial charge in [0.1, 0.15) is 12.1 Å². The minimum Gasteiger partial charge on any atom is -0.497 e. The molecule has 1 aliphatic rings. The van der Waals surface area contributed by atoms with E-state index in [4.69, 9.17) is 4.74 Å². The van der Waals surface area contributed by atoms with Gasteiger partial charge in [0, 0.05) is 11.9 Å². The fraction of sp³-hybridized carbons (Fsp3) is 0.231. The van der Waals surface area contributed by atoms with Crippen molar-refractivity contribution in [3.8, 4) is 5.75 Å². The summed E-state index contributed by atoms with van der Waals surface area (Å²) in [6, 6.07) is 6.98. The first-order chi connectivity index (χ1) is 9.03. The second kappa shape index (κ2) is 5.36. The highest BCUT2D eigenvalue weighted by molar-refractivity contribution is 7.92. The molecule has 2 aromatic rings. The van der Waals surface area contributed by atoms with Crippen LogP contribution in [0.2, 0.25) is 0 Å². The fourth-order valence-electron chi connectivity index (χ4n) is 1.63. The van der Waals surface area contributed by atoms with E-state index in [1.807, 2.05) is 13.0 Å². The zero-order valence-electron chi connectivity index (χ0n) is 10.7. The summed E-state index contributed by atoms with van der Waals surface area (Å²) in [7, 11) is -1.43. The van der Waals surface area contributed by atoms with Gasteiger partial charge in [-0.2, -0.15) is 0 Å². The SMILES string of the molecule is COc1ccc2c(c1)S(=O)(=O)C2.Cc1ccncn1. The van der Waals surface area contributed by atoms with Gasteiger partial charge in [0.05, 0.1) is 17.8 Å². The predicted octanol–water partition coefficient (Wildman–Crippen LogP) is 1.77. The summed E-state index contributed by atoms with van der Waals surface area (Å²) in [5.41, 5.74) is 1.89. The van der Waals surface area contributed by atoms with E-state index >= 15 is 0 Å². The van der Waals surface area contributed by atoms with Crippen LogP contribution in [-0.4, -0.2) is 25.5 Å². The van der Waals surface area contributed by atoms with Crippen LogP contribution in [0.5, 0.6) is 5.75 Å². The smallest absolute Gasteiger partial charge is 0.183 e. The molecule has 1 aromatic carbocycles. The third-order valence-electron chi connectivity index (χ3n) is 2.68. The van der Waals surface area contributed by atoms with Gasteiger partial charge in [0.25, 0.3) is 0 Å². The summed E-state index contributed by atoms with van der Waals surface area (Å²) in [4.78, 5) is 8.02. The van der Waals surface area contributed by atoms with Gasteiger partial charge in [-0.05, 0) is 30.7 Å². The minimum atomic E-state index is -2.95. The third kappa shape index (κ3) is 3.08. The van der Waals surface area contributed by atoms with Crippen molar-refractivity contribution in [1.29, 1.82) is 0 Å². The van der Waals surface area contributed by atoms with Crippen molar-refractivity contribution >= 4 is 9.84 Å². The molecule has 2 heterocycles. The quantitative estimate of drug-likeness (QED) is 0.795. The summed E-state index contributed by atoms with van der Waals surface area (Å²) in [6.45, 7) is 1.93. The lowest BCUT2D eigenvalue weighted by Gasteiger charge is -2.19. The van der Waals surface area contributed by atoms with Gasteiger partial charge in [-0.15, -0.1) is 0 Å². The van der Waals surface area contributed by atoms with Crippen molar-refractivity contribution in [2.45, 2.75) is 17.6 Å². The molecule has 6 heteroatoms. The molecule has 0 bridgehead atoms. The summed E-state index contributed by atoms with van der Waals surface area (Å²) in [6.07, 6.45) is 3.26. The Labute approximate surface area is 112 Å². The van der Waals surface area contributed by atoms with Gasteiger partial charge in [-0.3, -0.25) is 0 Å². The largest absolute Gasteiger partial charge is 0.497 e. The molecule has 100 valence electrons. The van der Waals surface area contributed by atoms with Crippen molar-refractivity contribution in [3.05, 3.63) is 48.0 Å². The topological polar surface area (TPSA) is 69.2 Å². The molecule has 0 unspecified atom stereocenters. The normalized spacial score (nSPS) is 14.4. The number of aromatic nitrogens is 2. The average Bonchev–Trinajstić information content (AvgIpc) is 2.40. The number of ether oxygens (including phenoxy) is 1. The molecular weight excluding hydrogens is 264 g/mol. The van der Waals surface area contributed by atoms with Gasteiger partial charge >= 0.3 is 0 Å². The van der Waals surface area contributed by atoms with Gasteiger partial charge in [-0.1, -0.05) is 6.07 Å². The van der Waals surface area contributed by atoms with Gasteiger partial charge in [0.15, 0.2) is 9.84 Å². The number of aryl methyl sites for hydroxylation is 1. The van der Waals surface area contributed by atoms with Crippen LogP contribution in [0.4, 0.5) is 0 Å². The number of fused-ring (bicyclic) bond motifs is 1. The van der Waals surface area contributed by atoms with Crippen LogP contribution in [0.3, 0.4) is 0 Å². The van der Waals surface area contributed by atoms with E-state index in [2.05, 4.69) is 9.97 Å². The minimum absolute atomic E-state index is 0.173. The van der Waals surface area contributed by atoms with Crippen molar-refractivity contribution in [3.63, 3.8) is 0 Å². The van der Waals surface area contributed by atoms with Crippen LogP contribution in [-0.2, 0) is 15.6 Å². The maximum Gasteiger partial charge on any atom is 0.183 e. The monoisotopic (exact) mass is 278 g/mol. The van der Waals surface area contributed by atoms with Crippen molar-refractivity contribution < 1.29 is 13.2 Å². The zero-order chi connectivity index (χ0) is 13.9. The first-order valence-corrected chi connectivity index (χ1v) is 7.30. The van der Waals surface area contributed by atoms with E-state index in [9.17, 15) is 8.42 Å². The highest BCUT2D eigenvalue weighted by atomic mass is 32.2. The summed E-state index contributed by atoms with van der Waals surface area (Å²) in [5, 5.41) is 0. The standard InChI is InChI=1S/C8H8O3S.C5H6N2/c1-11-7-3-2-6-5-12(9,10)8(6)4-7;1-5-2-3-6-4-7-5/h2-4H,5H2,1H3;2-4H,1H3. The Hall–Kier alpha value is -1.95. The molecule has 0 radical (unpaired) electrons. The third-order valence-corrected chi connectivity index (χ3v) is 4.43. The number of methoxy groups -OCH3 is 1. The molecule has 0 saturated carbocycles. The molecule has 19 heavy (non-hydrogen) atoms. The fourth-order valence-corrected chi connectivity index (χ4v) is 3.04. The maximum absolute atomic E-state index is 11.1. The van der Waals surface area contributed by atoms with Crippen molar-refractivity contribution in [1.82, 2.24) is 9.97 Å². The number of hydrogen-bond donors (Lipinski definition) is 0. The molecule has 0 atom stereocenters. The highest BCUT2D eigenvalue weighted by Crippen LogP contribution is 2.33. The highest BCUT2D eigenvalue weighted by Gasteiger charge is 2.30. The molecule has 0 N–H and O–H groups in total. The molecule has 0 aliphatic carbocycles. The molecule has 0 saturated heterocycles. The Kier molecular flexibility index (Phi) is 3.80. The molecule has 3 rings (SSSR count). The molecule has 5 nitrogen and oxygen atoms in total. The van der Waals surface area contributed by atoms with E-state index < -0.39 is 9.84 Å². The van der Waals surface area contributed by atoms with E-state index in [-0.39, 0.29) is 5.75 Å². The Balaban J connectivity index is 0.000000163. The van der Waals surface area contributed by atoms with E-state index in [1.165, 1.54) is 13.4 Å². The number of benzene rings is 1. The molecular formula is C13H14N2O3S. The Morgan fingerprint density at radius 2 is 2.05 bits per heavy atom. The first kappa shape index (κ1) is 13.5. The van der Waals surface area contributed by atoms with Crippen LogP contribution in [0, 0.1) is 6.92 Å². The van der Waals surface area contributed by atoms with Gasteiger partial charge in [0.2, 0.25) is 0 Å². The lowest BCUT2D eigenvalue weighted by molar-refractivity contribution is 0.413. The van der Waals surface area contributed by atoms with Crippen LogP contribution < -0.4 is 4.74 Å². The number of rotatable bonds is 1. The second-order valence-corrected chi connectivity index (χ2v) is 6.04. The van der Waals surface area contributed by atoms with Gasteiger partial charge in [-0.25, -0.2) is 18.4 Å². The Morgan fingerprint density at radius 3 is 2.53 bits per heavy atom. The zero-order valence-corrected chi connectivity index (χ0v) is 11.5. The molecule has 0 amide bonds. The second-order valence-electron chi connectivity index (χ2n) is 4.08. The summed E-state index contributed by atoms with van der Waals surface area (Å²) in [5.74, 6) is 0.767. The number of hydrogen-bond acceptors (Lipinski definition) is 5. The van der Waals surface area contributed by atoms with E-state index in [1.54, 1.807) is 24.4 Å². The summed E-state index contributed by atoms with van der Waals surface area (Å²) >= 11 is 0. The molecule has 1 aromatic heterocycles. The average molecular weight is 278 g/mol. The van der Waals surface area contributed by atoms with Crippen LogP contribution in [0.1, 0.15) is 11.3 Å². The van der Waals surface area contributed by atoms with E-state index in [0.717, 1.165) is 11.3 Å². The number of nitrogens with zero attached hydrogens (tertiary/aromatic N) is 2. The maximum atomic E-state index is 11.1.